The first kappa shape index (κ1) is 13.9. The smallest absolute Gasteiger partial charge is 0.313 e. The molecule has 0 saturated heterocycles. The minimum absolute atomic E-state index is 0.0420. The number of carboxylic acid groups (broad SMARTS) is 1. The van der Waals surface area contributed by atoms with Gasteiger partial charge in [-0.1, -0.05) is 11.8 Å². The molecule has 1 saturated carbocycles. The summed E-state index contributed by atoms with van der Waals surface area (Å²) in [5.41, 5.74) is 1.43. The number of hydrogen-bond donors (Lipinski definition) is 1. The van der Waals surface area contributed by atoms with Gasteiger partial charge in [-0.2, -0.15) is 0 Å². The van der Waals surface area contributed by atoms with Crippen LogP contribution in [0.25, 0.3) is 11.0 Å². The number of rotatable bonds is 4. The van der Waals surface area contributed by atoms with Crippen LogP contribution in [0.1, 0.15) is 25.3 Å². The van der Waals surface area contributed by atoms with E-state index in [1.54, 1.807) is 6.07 Å². The average Bonchev–Trinajstić information content (AvgIpc) is 2.64. The Morgan fingerprint density at radius 1 is 1.55 bits per heavy atom. The normalized spacial score (nSPS) is 15.5. The molecule has 0 amide bonds. The molecule has 1 aliphatic rings. The zero-order valence-corrected chi connectivity index (χ0v) is 12.9. The van der Waals surface area contributed by atoms with Gasteiger partial charge in [0.05, 0.1) is 21.3 Å². The number of thioether (sulfide) groups is 1. The topological polar surface area (TPSA) is 55.1 Å². The molecular formula is C13H12BrFN2O2S. The van der Waals surface area contributed by atoms with Crippen molar-refractivity contribution in [3.05, 3.63) is 22.4 Å². The molecular weight excluding hydrogens is 347 g/mol. The number of hydrogen-bond acceptors (Lipinski definition) is 3. The summed E-state index contributed by atoms with van der Waals surface area (Å²) in [7, 11) is 0. The van der Waals surface area contributed by atoms with Crippen LogP contribution < -0.4 is 0 Å². The highest BCUT2D eigenvalue weighted by Gasteiger charge is 2.25. The van der Waals surface area contributed by atoms with Crippen molar-refractivity contribution in [2.75, 3.05) is 5.75 Å². The van der Waals surface area contributed by atoms with Gasteiger partial charge < -0.3 is 9.67 Å². The van der Waals surface area contributed by atoms with E-state index in [1.807, 2.05) is 4.57 Å². The van der Waals surface area contributed by atoms with Gasteiger partial charge in [0.25, 0.3) is 0 Å². The minimum Gasteiger partial charge on any atom is -0.481 e. The van der Waals surface area contributed by atoms with E-state index in [4.69, 9.17) is 5.11 Å². The average molecular weight is 359 g/mol. The third-order valence-electron chi connectivity index (χ3n) is 3.46. The SMILES string of the molecule is O=C(O)CSc1nc2cc(Br)c(F)cc2n1C1CCC1. The van der Waals surface area contributed by atoms with Crippen molar-refractivity contribution in [1.29, 1.82) is 0 Å². The Morgan fingerprint density at radius 3 is 2.90 bits per heavy atom. The first-order chi connectivity index (χ1) is 9.56. The molecule has 1 fully saturated rings. The molecule has 1 aliphatic carbocycles. The summed E-state index contributed by atoms with van der Waals surface area (Å²) in [4.78, 5) is 15.2. The number of imidazole rings is 1. The maximum atomic E-state index is 13.7. The summed E-state index contributed by atoms with van der Waals surface area (Å²) in [5.74, 6) is -1.25. The van der Waals surface area contributed by atoms with E-state index in [1.165, 1.54) is 17.8 Å². The molecule has 106 valence electrons. The van der Waals surface area contributed by atoms with Crippen LogP contribution in [-0.4, -0.2) is 26.4 Å². The number of aliphatic carboxylic acids is 1. The summed E-state index contributed by atoms with van der Waals surface area (Å²) in [6, 6.07) is 3.41. The predicted molar refractivity (Wildman–Crippen MR) is 78.6 cm³/mol. The predicted octanol–water partition coefficient (Wildman–Crippen LogP) is 3.84. The molecule has 1 aromatic heterocycles. The Hall–Kier alpha value is -1.08. The number of carbonyl (C=O) groups is 1. The number of carboxylic acids is 1. The Morgan fingerprint density at radius 2 is 2.30 bits per heavy atom. The summed E-state index contributed by atoms with van der Waals surface area (Å²) in [5, 5.41) is 9.47. The number of nitrogens with zero attached hydrogens (tertiary/aromatic N) is 2. The Kier molecular flexibility index (Phi) is 3.72. The molecule has 2 aromatic rings. The first-order valence-corrected chi connectivity index (χ1v) is 8.05. The third-order valence-corrected chi connectivity index (χ3v) is 5.01. The molecule has 0 bridgehead atoms. The maximum absolute atomic E-state index is 13.7. The van der Waals surface area contributed by atoms with Crippen molar-refractivity contribution in [2.45, 2.75) is 30.5 Å². The van der Waals surface area contributed by atoms with E-state index in [-0.39, 0.29) is 11.6 Å². The molecule has 4 nitrogen and oxygen atoms in total. The van der Waals surface area contributed by atoms with Gasteiger partial charge in [-0.05, 0) is 41.3 Å². The number of benzene rings is 1. The van der Waals surface area contributed by atoms with E-state index in [2.05, 4.69) is 20.9 Å². The highest BCUT2D eigenvalue weighted by molar-refractivity contribution is 9.10. The van der Waals surface area contributed by atoms with Crippen LogP contribution in [0.5, 0.6) is 0 Å². The van der Waals surface area contributed by atoms with E-state index < -0.39 is 5.97 Å². The van der Waals surface area contributed by atoms with Crippen LogP contribution >= 0.6 is 27.7 Å². The lowest BCUT2D eigenvalue weighted by Gasteiger charge is -2.28. The monoisotopic (exact) mass is 358 g/mol. The van der Waals surface area contributed by atoms with Crippen molar-refractivity contribution in [2.24, 2.45) is 0 Å². The van der Waals surface area contributed by atoms with Crippen LogP contribution in [0.15, 0.2) is 21.8 Å². The zero-order chi connectivity index (χ0) is 14.3. The molecule has 0 aliphatic heterocycles. The highest BCUT2D eigenvalue weighted by atomic mass is 79.9. The van der Waals surface area contributed by atoms with Crippen LogP contribution in [0.2, 0.25) is 0 Å². The van der Waals surface area contributed by atoms with Gasteiger partial charge in [0.2, 0.25) is 0 Å². The lowest BCUT2D eigenvalue weighted by atomic mass is 9.93. The fourth-order valence-corrected chi connectivity index (χ4v) is 3.43. The summed E-state index contributed by atoms with van der Waals surface area (Å²) < 4.78 is 16.1. The second-order valence-corrected chi connectivity index (χ2v) is 6.58. The van der Waals surface area contributed by atoms with Gasteiger partial charge >= 0.3 is 5.97 Å². The molecule has 0 unspecified atom stereocenters. The minimum atomic E-state index is -0.880. The van der Waals surface area contributed by atoms with Crippen molar-refractivity contribution >= 4 is 44.7 Å². The molecule has 20 heavy (non-hydrogen) atoms. The molecule has 0 radical (unpaired) electrons. The Bertz CT molecular complexity index is 685. The van der Waals surface area contributed by atoms with Crippen molar-refractivity contribution in [3.8, 4) is 0 Å². The lowest BCUT2D eigenvalue weighted by Crippen LogP contribution is -2.18. The standard InChI is InChI=1S/C13H12BrFN2O2S/c14-8-4-10-11(5-9(8)15)17(7-2-1-3-7)13(16-10)20-6-12(18)19/h4-5,7H,1-3,6H2,(H,18,19). The first-order valence-electron chi connectivity index (χ1n) is 6.28. The molecule has 3 rings (SSSR count). The van der Waals surface area contributed by atoms with Crippen molar-refractivity contribution < 1.29 is 14.3 Å². The lowest BCUT2D eigenvalue weighted by molar-refractivity contribution is -0.133. The molecule has 0 spiro atoms. The van der Waals surface area contributed by atoms with Crippen LogP contribution in [-0.2, 0) is 4.79 Å². The fourth-order valence-electron chi connectivity index (χ4n) is 2.29. The van der Waals surface area contributed by atoms with Crippen molar-refractivity contribution in [3.63, 3.8) is 0 Å². The molecule has 1 heterocycles. The van der Waals surface area contributed by atoms with E-state index in [9.17, 15) is 9.18 Å². The highest BCUT2D eigenvalue weighted by Crippen LogP contribution is 2.39. The quantitative estimate of drug-likeness (QED) is 0.843. The molecule has 1 aromatic carbocycles. The van der Waals surface area contributed by atoms with Gasteiger partial charge in [-0.25, -0.2) is 9.37 Å². The summed E-state index contributed by atoms with van der Waals surface area (Å²) in [6.07, 6.45) is 3.21. The van der Waals surface area contributed by atoms with E-state index >= 15 is 0 Å². The number of fused-ring (bicyclic) bond motifs is 1. The van der Waals surface area contributed by atoms with Gasteiger partial charge in [-0.3, -0.25) is 4.79 Å². The maximum Gasteiger partial charge on any atom is 0.313 e. The van der Waals surface area contributed by atoms with Gasteiger partial charge in [0.15, 0.2) is 5.16 Å². The Balaban J connectivity index is 2.09. The van der Waals surface area contributed by atoms with Crippen LogP contribution in [0.4, 0.5) is 4.39 Å². The molecule has 1 N–H and O–H groups in total. The van der Waals surface area contributed by atoms with E-state index in [0.717, 1.165) is 24.8 Å². The summed E-state index contributed by atoms with van der Waals surface area (Å²) in [6.45, 7) is 0. The third kappa shape index (κ3) is 2.44. The second kappa shape index (κ2) is 5.37. The molecule has 7 heteroatoms. The Labute approximate surface area is 127 Å². The van der Waals surface area contributed by atoms with Crippen LogP contribution in [0.3, 0.4) is 0 Å². The number of aromatic nitrogens is 2. The zero-order valence-electron chi connectivity index (χ0n) is 10.5. The van der Waals surface area contributed by atoms with Crippen LogP contribution in [0, 0.1) is 5.82 Å². The molecule has 0 atom stereocenters. The fraction of sp³-hybridized carbons (Fsp3) is 0.385. The second-order valence-electron chi connectivity index (χ2n) is 4.79. The van der Waals surface area contributed by atoms with Gasteiger partial charge in [-0.15, -0.1) is 0 Å². The van der Waals surface area contributed by atoms with Crippen molar-refractivity contribution in [1.82, 2.24) is 9.55 Å². The number of halogens is 2. The largest absolute Gasteiger partial charge is 0.481 e. The summed E-state index contributed by atoms with van der Waals surface area (Å²) >= 11 is 4.34. The van der Waals surface area contributed by atoms with Gasteiger partial charge in [0.1, 0.15) is 5.82 Å². The van der Waals surface area contributed by atoms with E-state index in [0.29, 0.717) is 21.2 Å². The van der Waals surface area contributed by atoms with Gasteiger partial charge in [0, 0.05) is 12.1 Å².